The number of hydrogen-bond acceptors (Lipinski definition) is 5. The summed E-state index contributed by atoms with van der Waals surface area (Å²) >= 11 is 0. The standard InChI is InChI=1S/C22H23N3O3/c1-14(17-7-5-4-6-8-17)12-23-21(26)13-28-22(27)18-9-10-19-20(11-18)25-16(3)15(2)24-19/h4-11,14H,12-13H2,1-3H3,(H,23,26)/t14-/m1/s1. The van der Waals surface area contributed by atoms with Crippen molar-refractivity contribution in [2.45, 2.75) is 26.7 Å². The summed E-state index contributed by atoms with van der Waals surface area (Å²) in [4.78, 5) is 33.1. The summed E-state index contributed by atoms with van der Waals surface area (Å²) in [5.74, 6) is -0.719. The molecule has 0 fully saturated rings. The first-order valence-corrected chi connectivity index (χ1v) is 9.18. The quantitative estimate of drug-likeness (QED) is 0.667. The van der Waals surface area contributed by atoms with Gasteiger partial charge in [0.1, 0.15) is 0 Å². The zero-order valence-electron chi connectivity index (χ0n) is 16.2. The molecule has 1 N–H and O–H groups in total. The van der Waals surface area contributed by atoms with E-state index in [-0.39, 0.29) is 18.4 Å². The van der Waals surface area contributed by atoms with Crippen LogP contribution in [-0.2, 0) is 9.53 Å². The second-order valence-corrected chi connectivity index (χ2v) is 6.79. The van der Waals surface area contributed by atoms with Crippen LogP contribution in [0.25, 0.3) is 11.0 Å². The van der Waals surface area contributed by atoms with Crippen molar-refractivity contribution < 1.29 is 14.3 Å². The summed E-state index contributed by atoms with van der Waals surface area (Å²) in [5, 5.41) is 2.79. The molecule has 1 aromatic heterocycles. The molecule has 3 aromatic rings. The van der Waals surface area contributed by atoms with Crippen molar-refractivity contribution in [3.63, 3.8) is 0 Å². The Labute approximate surface area is 164 Å². The fourth-order valence-electron chi connectivity index (χ4n) is 2.79. The van der Waals surface area contributed by atoms with Crippen molar-refractivity contribution in [3.05, 3.63) is 71.0 Å². The number of aromatic nitrogens is 2. The Hall–Kier alpha value is -3.28. The Kier molecular flexibility index (Phi) is 5.99. The van der Waals surface area contributed by atoms with E-state index in [1.54, 1.807) is 18.2 Å². The first-order chi connectivity index (χ1) is 13.4. The molecule has 0 spiro atoms. The molecule has 0 saturated carbocycles. The van der Waals surface area contributed by atoms with Crippen LogP contribution in [0, 0.1) is 13.8 Å². The van der Waals surface area contributed by atoms with E-state index in [2.05, 4.69) is 15.3 Å². The molecule has 3 rings (SSSR count). The van der Waals surface area contributed by atoms with E-state index in [0.717, 1.165) is 17.0 Å². The van der Waals surface area contributed by atoms with Crippen LogP contribution in [0.2, 0.25) is 0 Å². The first-order valence-electron chi connectivity index (χ1n) is 9.18. The molecule has 144 valence electrons. The number of hydrogen-bond donors (Lipinski definition) is 1. The summed E-state index contributed by atoms with van der Waals surface area (Å²) in [6, 6.07) is 14.9. The van der Waals surface area contributed by atoms with Crippen molar-refractivity contribution in [3.8, 4) is 0 Å². The number of esters is 1. The number of carbonyl (C=O) groups is 2. The highest BCUT2D eigenvalue weighted by atomic mass is 16.5. The molecule has 0 aliphatic carbocycles. The van der Waals surface area contributed by atoms with E-state index >= 15 is 0 Å². The highest BCUT2D eigenvalue weighted by Gasteiger charge is 2.13. The molecule has 1 amide bonds. The van der Waals surface area contributed by atoms with Gasteiger partial charge in [-0.05, 0) is 43.5 Å². The Morgan fingerprint density at radius 1 is 1.00 bits per heavy atom. The fourth-order valence-corrected chi connectivity index (χ4v) is 2.79. The van der Waals surface area contributed by atoms with Crippen LogP contribution >= 0.6 is 0 Å². The maximum absolute atomic E-state index is 12.3. The number of aryl methyl sites for hydroxylation is 2. The van der Waals surface area contributed by atoms with Crippen LogP contribution < -0.4 is 5.32 Å². The van der Waals surface area contributed by atoms with Crippen LogP contribution in [0.15, 0.2) is 48.5 Å². The summed E-state index contributed by atoms with van der Waals surface area (Å²) in [6.07, 6.45) is 0. The second kappa shape index (κ2) is 8.61. The summed E-state index contributed by atoms with van der Waals surface area (Å²) in [5.41, 5.74) is 4.48. The van der Waals surface area contributed by atoms with Crippen molar-refractivity contribution in [1.29, 1.82) is 0 Å². The molecule has 6 nitrogen and oxygen atoms in total. The normalized spacial score (nSPS) is 11.8. The van der Waals surface area contributed by atoms with E-state index in [9.17, 15) is 9.59 Å². The Morgan fingerprint density at radius 2 is 1.68 bits per heavy atom. The third-order valence-corrected chi connectivity index (χ3v) is 4.62. The molecular weight excluding hydrogens is 354 g/mol. The third-order valence-electron chi connectivity index (χ3n) is 4.62. The van der Waals surface area contributed by atoms with E-state index in [4.69, 9.17) is 4.74 Å². The molecule has 0 aliphatic rings. The average molecular weight is 377 g/mol. The average Bonchev–Trinajstić information content (AvgIpc) is 2.71. The summed E-state index contributed by atoms with van der Waals surface area (Å²) < 4.78 is 5.13. The van der Waals surface area contributed by atoms with Gasteiger partial charge in [-0.2, -0.15) is 0 Å². The van der Waals surface area contributed by atoms with Gasteiger partial charge in [0.2, 0.25) is 0 Å². The van der Waals surface area contributed by atoms with Gasteiger partial charge in [-0.3, -0.25) is 4.79 Å². The van der Waals surface area contributed by atoms with E-state index in [1.807, 2.05) is 51.1 Å². The predicted molar refractivity (Wildman–Crippen MR) is 107 cm³/mol. The molecule has 2 aromatic carbocycles. The van der Waals surface area contributed by atoms with Gasteiger partial charge in [0.25, 0.3) is 5.91 Å². The molecule has 6 heteroatoms. The minimum absolute atomic E-state index is 0.173. The molecule has 28 heavy (non-hydrogen) atoms. The van der Waals surface area contributed by atoms with Gasteiger partial charge in [0, 0.05) is 6.54 Å². The smallest absolute Gasteiger partial charge is 0.338 e. The van der Waals surface area contributed by atoms with Crippen molar-refractivity contribution in [2.24, 2.45) is 0 Å². The predicted octanol–water partition coefficient (Wildman–Crippen LogP) is 3.32. The molecular formula is C22H23N3O3. The number of rotatable bonds is 6. The lowest BCUT2D eigenvalue weighted by molar-refractivity contribution is -0.124. The Balaban J connectivity index is 1.54. The lowest BCUT2D eigenvalue weighted by Crippen LogP contribution is -2.31. The van der Waals surface area contributed by atoms with Gasteiger partial charge in [0.05, 0.1) is 28.0 Å². The van der Waals surface area contributed by atoms with Gasteiger partial charge in [-0.15, -0.1) is 0 Å². The molecule has 0 aliphatic heterocycles. The monoisotopic (exact) mass is 377 g/mol. The maximum atomic E-state index is 12.3. The summed E-state index contributed by atoms with van der Waals surface area (Å²) in [7, 11) is 0. The van der Waals surface area contributed by atoms with Gasteiger partial charge < -0.3 is 10.1 Å². The first kappa shape index (κ1) is 19.5. The lowest BCUT2D eigenvalue weighted by atomic mass is 10.0. The van der Waals surface area contributed by atoms with Crippen molar-refractivity contribution in [1.82, 2.24) is 15.3 Å². The lowest BCUT2D eigenvalue weighted by Gasteiger charge is -2.13. The number of carbonyl (C=O) groups excluding carboxylic acids is 2. The van der Waals surface area contributed by atoms with Crippen LogP contribution in [0.3, 0.4) is 0 Å². The number of nitrogens with one attached hydrogen (secondary N) is 1. The molecule has 0 saturated heterocycles. The second-order valence-electron chi connectivity index (χ2n) is 6.79. The number of ether oxygens (including phenoxy) is 1. The third kappa shape index (κ3) is 4.71. The number of fused-ring (bicyclic) bond motifs is 1. The van der Waals surface area contributed by atoms with Gasteiger partial charge in [0.15, 0.2) is 6.61 Å². The SMILES string of the molecule is Cc1nc2ccc(C(=O)OCC(=O)NC[C@@H](C)c3ccccc3)cc2nc1C. The molecule has 1 atom stereocenters. The van der Waals surface area contributed by atoms with E-state index in [1.165, 1.54) is 0 Å². The number of amides is 1. The zero-order valence-corrected chi connectivity index (χ0v) is 16.2. The topological polar surface area (TPSA) is 81.2 Å². The van der Waals surface area contributed by atoms with Gasteiger partial charge in [-0.25, -0.2) is 14.8 Å². The fraction of sp³-hybridized carbons (Fsp3) is 0.273. The van der Waals surface area contributed by atoms with Crippen molar-refractivity contribution in [2.75, 3.05) is 13.2 Å². The maximum Gasteiger partial charge on any atom is 0.338 e. The van der Waals surface area contributed by atoms with E-state index in [0.29, 0.717) is 23.1 Å². The summed E-state index contributed by atoms with van der Waals surface area (Å²) in [6.45, 7) is 5.94. The zero-order chi connectivity index (χ0) is 20.1. The number of benzene rings is 2. The Morgan fingerprint density at radius 3 is 2.39 bits per heavy atom. The Bertz CT molecular complexity index is 1000. The van der Waals surface area contributed by atoms with Crippen LogP contribution in [0.1, 0.15) is 40.2 Å². The van der Waals surface area contributed by atoms with Crippen LogP contribution in [-0.4, -0.2) is 35.0 Å². The van der Waals surface area contributed by atoms with Gasteiger partial charge >= 0.3 is 5.97 Å². The van der Waals surface area contributed by atoms with Crippen LogP contribution in [0.5, 0.6) is 0 Å². The minimum atomic E-state index is -0.562. The van der Waals surface area contributed by atoms with E-state index < -0.39 is 5.97 Å². The van der Waals surface area contributed by atoms with Crippen molar-refractivity contribution >= 4 is 22.9 Å². The molecule has 0 bridgehead atoms. The molecule has 0 unspecified atom stereocenters. The van der Waals surface area contributed by atoms with Crippen LogP contribution in [0.4, 0.5) is 0 Å². The highest BCUT2D eigenvalue weighted by molar-refractivity contribution is 5.94. The minimum Gasteiger partial charge on any atom is -0.452 e. The molecule has 1 heterocycles. The molecule has 0 radical (unpaired) electrons. The largest absolute Gasteiger partial charge is 0.452 e. The number of nitrogens with zero attached hydrogens (tertiary/aromatic N) is 2. The van der Waals surface area contributed by atoms with Gasteiger partial charge in [-0.1, -0.05) is 37.3 Å². The highest BCUT2D eigenvalue weighted by Crippen LogP contribution is 2.15.